The predicted molar refractivity (Wildman–Crippen MR) is 208 cm³/mol. The average molecular weight is 661 g/mol. The Hall–Kier alpha value is -5.16. The van der Waals surface area contributed by atoms with Gasteiger partial charge in [-0.1, -0.05) is 82.9 Å². The summed E-state index contributed by atoms with van der Waals surface area (Å²) in [6, 6.07) is 34.8. The lowest BCUT2D eigenvalue weighted by Gasteiger charge is -2.13. The fraction of sp³-hybridized carbons (Fsp3) is 0.289. The molecule has 4 aromatic carbocycles. The Morgan fingerprint density at radius 3 is 2.36 bits per heavy atom. The highest BCUT2D eigenvalue weighted by Gasteiger charge is 2.18. The number of nitrogens with zero attached hydrogens (tertiary/aromatic N) is 4. The molecule has 1 atom stereocenters. The minimum absolute atomic E-state index is 0.514. The molecule has 0 amide bonds. The third-order valence-corrected chi connectivity index (χ3v) is 10.0. The number of hydrogen-bond donors (Lipinski definition) is 0. The molecule has 0 saturated carbocycles. The Morgan fingerprint density at radius 2 is 1.58 bits per heavy atom. The van der Waals surface area contributed by atoms with E-state index in [1.54, 1.807) is 0 Å². The molecule has 0 radical (unpaired) electrons. The number of ether oxygens (including phenoxy) is 1. The molecule has 0 fully saturated rings. The molecule has 7 rings (SSSR count). The number of unbranched alkanes of at least 4 members (excludes halogenated alkanes) is 2. The molecular weight excluding hydrogens is 613 g/mol. The number of aromatic nitrogens is 4. The summed E-state index contributed by atoms with van der Waals surface area (Å²) in [6.45, 7) is 13.2. The topological polar surface area (TPSA) is 44.9 Å². The third-order valence-electron chi connectivity index (χ3n) is 10.0. The van der Waals surface area contributed by atoms with Crippen molar-refractivity contribution in [1.29, 1.82) is 0 Å². The van der Waals surface area contributed by atoms with E-state index in [2.05, 4.69) is 148 Å². The maximum Gasteiger partial charge on any atom is 0.137 e. The maximum atomic E-state index is 6.75. The summed E-state index contributed by atoms with van der Waals surface area (Å²) in [4.78, 5) is 4.83. The monoisotopic (exact) mass is 660 g/mol. The van der Waals surface area contributed by atoms with Gasteiger partial charge in [0.1, 0.15) is 17.3 Å². The predicted octanol–water partition coefficient (Wildman–Crippen LogP) is 12.4. The van der Waals surface area contributed by atoms with Crippen LogP contribution in [0, 0.1) is 20.8 Å². The van der Waals surface area contributed by atoms with Crippen molar-refractivity contribution in [3.8, 4) is 34.1 Å². The van der Waals surface area contributed by atoms with E-state index >= 15 is 0 Å². The second-order valence-electron chi connectivity index (χ2n) is 13.9. The second-order valence-corrected chi connectivity index (χ2v) is 13.9. The van der Waals surface area contributed by atoms with Crippen LogP contribution in [0.5, 0.6) is 11.5 Å². The number of pyridine rings is 1. The van der Waals surface area contributed by atoms with Crippen LogP contribution in [0.2, 0.25) is 0 Å². The molecule has 1 unspecified atom stereocenters. The van der Waals surface area contributed by atoms with Gasteiger partial charge in [0, 0.05) is 40.4 Å². The summed E-state index contributed by atoms with van der Waals surface area (Å²) >= 11 is 0. The quantitative estimate of drug-likeness (QED) is 0.123. The van der Waals surface area contributed by atoms with Gasteiger partial charge in [0.2, 0.25) is 0 Å². The van der Waals surface area contributed by atoms with Crippen LogP contribution in [-0.2, 0) is 6.42 Å². The second kappa shape index (κ2) is 14.4. The summed E-state index contributed by atoms with van der Waals surface area (Å²) < 4.78 is 11.1. The van der Waals surface area contributed by atoms with Gasteiger partial charge in [-0.3, -0.25) is 4.57 Å². The summed E-state index contributed by atoms with van der Waals surface area (Å²) in [5, 5.41) is 7.47. The first-order valence-corrected chi connectivity index (χ1v) is 18.3. The van der Waals surface area contributed by atoms with Gasteiger partial charge in [0.05, 0.1) is 22.4 Å². The van der Waals surface area contributed by atoms with Crippen molar-refractivity contribution in [2.45, 2.75) is 86.0 Å². The smallest absolute Gasteiger partial charge is 0.137 e. The van der Waals surface area contributed by atoms with Gasteiger partial charge in [-0.05, 0) is 110 Å². The molecule has 0 spiro atoms. The fourth-order valence-electron chi connectivity index (χ4n) is 7.46. The highest BCUT2D eigenvalue weighted by Crippen LogP contribution is 2.38. The zero-order valence-corrected chi connectivity index (χ0v) is 30.3. The number of aryl methyl sites for hydroxylation is 3. The van der Waals surface area contributed by atoms with Crippen molar-refractivity contribution in [3.63, 3.8) is 0 Å². The van der Waals surface area contributed by atoms with E-state index in [9.17, 15) is 0 Å². The number of hydrogen-bond acceptors (Lipinski definition) is 3. The van der Waals surface area contributed by atoms with Gasteiger partial charge in [-0.15, -0.1) is 0 Å². The lowest BCUT2D eigenvalue weighted by Crippen LogP contribution is -2.01. The van der Waals surface area contributed by atoms with Crippen molar-refractivity contribution in [2.24, 2.45) is 0 Å². The van der Waals surface area contributed by atoms with Crippen molar-refractivity contribution >= 4 is 21.8 Å². The van der Waals surface area contributed by atoms with Crippen LogP contribution in [-0.4, -0.2) is 19.3 Å². The molecule has 0 aliphatic heterocycles. The standard InChI is InChI=1S/C45H48N4O/c1-7-9-11-15-31(4)36-18-21-42-41(27-36)40-20-19-38(29-43(40)48(42)44-24-30(3)22-23-46-44)50-39-26-34(14-8-2)25-37(28-39)49-33(6)45(32(5)47-49)35-16-12-10-13-17-35/h10,12-13,16-29,31H,7-9,11,14-15H2,1-6H3. The summed E-state index contributed by atoms with van der Waals surface area (Å²) in [5.41, 5.74) is 11.5. The lowest BCUT2D eigenvalue weighted by atomic mass is 9.94. The van der Waals surface area contributed by atoms with Crippen molar-refractivity contribution in [3.05, 3.63) is 131 Å². The zero-order valence-electron chi connectivity index (χ0n) is 30.3. The third kappa shape index (κ3) is 6.57. The first-order valence-electron chi connectivity index (χ1n) is 18.3. The van der Waals surface area contributed by atoms with E-state index in [0.717, 1.165) is 58.3 Å². The number of rotatable bonds is 12. The number of benzene rings is 4. The van der Waals surface area contributed by atoms with Crippen molar-refractivity contribution in [2.75, 3.05) is 0 Å². The van der Waals surface area contributed by atoms with E-state index in [0.29, 0.717) is 5.92 Å². The van der Waals surface area contributed by atoms with E-state index in [1.165, 1.54) is 64.3 Å². The van der Waals surface area contributed by atoms with Gasteiger partial charge in [-0.2, -0.15) is 5.10 Å². The van der Waals surface area contributed by atoms with Crippen LogP contribution in [0.3, 0.4) is 0 Å². The van der Waals surface area contributed by atoms with Crippen LogP contribution in [0.1, 0.15) is 86.9 Å². The number of fused-ring (bicyclic) bond motifs is 3. The molecular formula is C45H48N4O. The molecule has 254 valence electrons. The van der Waals surface area contributed by atoms with Crippen LogP contribution >= 0.6 is 0 Å². The van der Waals surface area contributed by atoms with Crippen LogP contribution < -0.4 is 4.74 Å². The first kappa shape index (κ1) is 33.3. The molecule has 0 aliphatic rings. The average Bonchev–Trinajstić information content (AvgIpc) is 3.60. The molecule has 50 heavy (non-hydrogen) atoms. The normalized spacial score (nSPS) is 12.2. The highest BCUT2D eigenvalue weighted by molar-refractivity contribution is 6.09. The Labute approximate surface area is 296 Å². The SMILES string of the molecule is CCCCCC(C)c1ccc2c(c1)c1ccc(Oc3cc(CCC)cc(-n4nc(C)c(-c5ccccc5)c4C)c3)cc1n2-c1cc(C)ccn1. The molecule has 5 heteroatoms. The van der Waals surface area contributed by atoms with E-state index in [1.807, 2.05) is 6.20 Å². The minimum atomic E-state index is 0.514. The van der Waals surface area contributed by atoms with Crippen LogP contribution in [0.15, 0.2) is 103 Å². The maximum absolute atomic E-state index is 6.75. The molecule has 0 aliphatic carbocycles. The van der Waals surface area contributed by atoms with Crippen LogP contribution in [0.25, 0.3) is 44.4 Å². The molecule has 0 saturated heterocycles. The van der Waals surface area contributed by atoms with Gasteiger partial charge in [0.15, 0.2) is 0 Å². The lowest BCUT2D eigenvalue weighted by molar-refractivity contribution is 0.482. The van der Waals surface area contributed by atoms with Crippen molar-refractivity contribution < 1.29 is 4.74 Å². The van der Waals surface area contributed by atoms with Gasteiger partial charge >= 0.3 is 0 Å². The molecule has 5 nitrogen and oxygen atoms in total. The summed E-state index contributed by atoms with van der Waals surface area (Å²) in [5.74, 6) is 3.02. The Morgan fingerprint density at radius 1 is 0.740 bits per heavy atom. The molecule has 0 N–H and O–H groups in total. The van der Waals surface area contributed by atoms with E-state index in [4.69, 9.17) is 14.8 Å². The summed E-state index contributed by atoms with van der Waals surface area (Å²) in [7, 11) is 0. The summed E-state index contributed by atoms with van der Waals surface area (Å²) in [6.07, 6.45) is 8.90. The van der Waals surface area contributed by atoms with Crippen LogP contribution in [0.4, 0.5) is 0 Å². The van der Waals surface area contributed by atoms with Gasteiger partial charge in [0.25, 0.3) is 0 Å². The van der Waals surface area contributed by atoms with E-state index < -0.39 is 0 Å². The van der Waals surface area contributed by atoms with Gasteiger partial charge < -0.3 is 4.74 Å². The molecule has 0 bridgehead atoms. The fourth-order valence-corrected chi connectivity index (χ4v) is 7.46. The van der Waals surface area contributed by atoms with E-state index in [-0.39, 0.29) is 0 Å². The highest BCUT2D eigenvalue weighted by atomic mass is 16.5. The minimum Gasteiger partial charge on any atom is -0.457 e. The molecule has 3 heterocycles. The Kier molecular flexibility index (Phi) is 9.58. The Balaban J connectivity index is 1.31. The molecule has 3 aromatic heterocycles. The van der Waals surface area contributed by atoms with Crippen molar-refractivity contribution in [1.82, 2.24) is 19.3 Å². The first-order chi connectivity index (χ1) is 24.3. The van der Waals surface area contributed by atoms with Gasteiger partial charge in [-0.25, -0.2) is 9.67 Å². The zero-order chi connectivity index (χ0) is 34.8. The molecule has 7 aromatic rings. The largest absolute Gasteiger partial charge is 0.457 e. The Bertz CT molecular complexity index is 2280.